The average molecular weight is 298 g/mol. The first-order valence-electron chi connectivity index (χ1n) is 7.26. The van der Waals surface area contributed by atoms with Gasteiger partial charge in [0.15, 0.2) is 0 Å². The summed E-state index contributed by atoms with van der Waals surface area (Å²) in [6.45, 7) is 4.24. The minimum absolute atomic E-state index is 1.03. The fourth-order valence-electron chi connectivity index (χ4n) is 2.84. The van der Waals surface area contributed by atoms with Gasteiger partial charge in [-0.05, 0) is 19.2 Å². The topological polar surface area (TPSA) is 30.9 Å². The lowest BCUT2D eigenvalue weighted by Gasteiger charge is -2.34. The van der Waals surface area contributed by atoms with Gasteiger partial charge < -0.3 is 15.1 Å². The van der Waals surface area contributed by atoms with E-state index in [1.165, 1.54) is 5.56 Å². The Balaban J connectivity index is 1.80. The third kappa shape index (κ3) is 2.32. The van der Waals surface area contributed by atoms with Crippen LogP contribution in [-0.2, 0) is 0 Å². The highest BCUT2D eigenvalue weighted by atomic mass is 32.1. The molecule has 4 rings (SSSR count). The van der Waals surface area contributed by atoms with Crippen molar-refractivity contribution in [3.8, 4) is 0 Å². The summed E-state index contributed by atoms with van der Waals surface area (Å²) in [7, 11) is 2.18. The molecule has 108 valence electrons. The van der Waals surface area contributed by atoms with Gasteiger partial charge in [0.1, 0.15) is 5.84 Å². The van der Waals surface area contributed by atoms with E-state index < -0.39 is 0 Å². The molecule has 1 aromatic heterocycles. The molecule has 0 amide bonds. The fourth-order valence-corrected chi connectivity index (χ4v) is 3.53. The third-order valence-electron chi connectivity index (χ3n) is 4.11. The Labute approximate surface area is 128 Å². The number of nitrogens with zero attached hydrogens (tertiary/aromatic N) is 3. The molecule has 0 bridgehead atoms. The summed E-state index contributed by atoms with van der Waals surface area (Å²) in [6, 6.07) is 8.46. The van der Waals surface area contributed by atoms with Crippen LogP contribution < -0.4 is 5.32 Å². The Kier molecular flexibility index (Phi) is 3.16. The number of thiophene rings is 1. The van der Waals surface area contributed by atoms with Gasteiger partial charge in [-0.25, -0.2) is 4.99 Å². The molecule has 1 aromatic carbocycles. The zero-order valence-electron chi connectivity index (χ0n) is 12.0. The highest BCUT2D eigenvalue weighted by Crippen LogP contribution is 2.37. The van der Waals surface area contributed by atoms with E-state index in [1.54, 1.807) is 11.3 Å². The normalized spacial score (nSPS) is 18.3. The molecule has 5 heteroatoms. The van der Waals surface area contributed by atoms with Crippen LogP contribution in [0.3, 0.4) is 0 Å². The number of fused-ring (bicyclic) bond motifs is 2. The number of rotatable bonds is 0. The number of amidine groups is 1. The molecule has 21 heavy (non-hydrogen) atoms. The molecule has 0 saturated carbocycles. The van der Waals surface area contributed by atoms with Crippen molar-refractivity contribution in [2.75, 3.05) is 38.5 Å². The van der Waals surface area contributed by atoms with E-state index in [2.05, 4.69) is 57.2 Å². The summed E-state index contributed by atoms with van der Waals surface area (Å²) >= 11 is 1.69. The monoisotopic (exact) mass is 298 g/mol. The second-order valence-corrected chi connectivity index (χ2v) is 6.31. The first-order valence-corrected chi connectivity index (χ1v) is 8.20. The zero-order valence-corrected chi connectivity index (χ0v) is 12.9. The van der Waals surface area contributed by atoms with Crippen molar-refractivity contribution >= 4 is 34.2 Å². The minimum atomic E-state index is 1.03. The van der Waals surface area contributed by atoms with Crippen LogP contribution in [0.25, 0.3) is 0 Å². The van der Waals surface area contributed by atoms with Crippen LogP contribution in [0.15, 0.2) is 40.0 Å². The lowest BCUT2D eigenvalue weighted by molar-refractivity contribution is 0.216. The number of piperazine rings is 1. The summed E-state index contributed by atoms with van der Waals surface area (Å²) in [5, 5.41) is 7.76. The van der Waals surface area contributed by atoms with Gasteiger partial charge in [0, 0.05) is 48.2 Å². The smallest absolute Gasteiger partial charge is 0.138 e. The number of para-hydroxylation sites is 1. The van der Waals surface area contributed by atoms with Crippen molar-refractivity contribution in [1.29, 1.82) is 0 Å². The second-order valence-electron chi connectivity index (χ2n) is 5.57. The van der Waals surface area contributed by atoms with Crippen molar-refractivity contribution in [1.82, 2.24) is 9.80 Å². The fraction of sp³-hybridized carbons (Fsp3) is 0.312. The Morgan fingerprint density at radius 3 is 2.71 bits per heavy atom. The van der Waals surface area contributed by atoms with Gasteiger partial charge in [0.25, 0.3) is 0 Å². The number of benzene rings is 1. The van der Waals surface area contributed by atoms with E-state index in [-0.39, 0.29) is 0 Å². The first kappa shape index (κ1) is 12.9. The van der Waals surface area contributed by atoms with Gasteiger partial charge in [0.2, 0.25) is 0 Å². The Morgan fingerprint density at radius 2 is 1.86 bits per heavy atom. The summed E-state index contributed by atoms with van der Waals surface area (Å²) in [6.07, 6.45) is 0. The molecule has 0 unspecified atom stereocenters. The van der Waals surface area contributed by atoms with Gasteiger partial charge in [-0.2, -0.15) is 0 Å². The number of likely N-dealkylation sites (N-methyl/N-ethyl adjacent to an activating group) is 1. The molecule has 0 atom stereocenters. The molecule has 4 nitrogen and oxygen atoms in total. The molecule has 1 N–H and O–H groups in total. The maximum absolute atomic E-state index is 4.96. The van der Waals surface area contributed by atoms with Crippen LogP contribution >= 0.6 is 11.3 Å². The van der Waals surface area contributed by atoms with Crippen molar-refractivity contribution in [2.24, 2.45) is 4.99 Å². The first-order chi connectivity index (χ1) is 10.3. The minimum Gasteiger partial charge on any atom is -0.353 e. The maximum Gasteiger partial charge on any atom is 0.138 e. The number of hydrogen-bond acceptors (Lipinski definition) is 5. The molecule has 2 aliphatic heterocycles. The van der Waals surface area contributed by atoms with Gasteiger partial charge in [-0.15, -0.1) is 11.3 Å². The van der Waals surface area contributed by atoms with Crippen LogP contribution in [0.4, 0.5) is 17.1 Å². The number of nitrogens with one attached hydrogen (secondary N) is 1. The molecule has 0 aliphatic carbocycles. The lowest BCUT2D eigenvalue weighted by atomic mass is 10.1. The summed E-state index contributed by atoms with van der Waals surface area (Å²) in [5.41, 5.74) is 4.50. The number of anilines is 2. The number of aliphatic imine (C=N–C) groups is 1. The molecular weight excluding hydrogens is 280 g/mol. The van der Waals surface area contributed by atoms with Crippen LogP contribution in [-0.4, -0.2) is 48.9 Å². The molecule has 1 fully saturated rings. The van der Waals surface area contributed by atoms with E-state index in [0.717, 1.165) is 49.1 Å². The molecule has 2 aliphatic rings. The van der Waals surface area contributed by atoms with E-state index in [0.29, 0.717) is 0 Å². The Hall–Kier alpha value is -1.85. The molecular formula is C16H18N4S. The molecule has 3 heterocycles. The zero-order chi connectivity index (χ0) is 14.2. The molecule has 0 radical (unpaired) electrons. The van der Waals surface area contributed by atoms with Crippen molar-refractivity contribution in [3.63, 3.8) is 0 Å². The summed E-state index contributed by atoms with van der Waals surface area (Å²) in [4.78, 5) is 9.74. The maximum atomic E-state index is 4.96. The van der Waals surface area contributed by atoms with Gasteiger partial charge in [-0.1, -0.05) is 12.1 Å². The largest absolute Gasteiger partial charge is 0.353 e. The predicted octanol–water partition coefficient (Wildman–Crippen LogP) is 3.13. The van der Waals surface area contributed by atoms with Crippen LogP contribution in [0.1, 0.15) is 5.56 Å². The lowest BCUT2D eigenvalue weighted by Crippen LogP contribution is -2.47. The van der Waals surface area contributed by atoms with Crippen molar-refractivity contribution in [2.45, 2.75) is 0 Å². The standard InChI is InChI=1S/C16H18N4S/c1-19-6-8-20(9-7-19)16-12-4-2-3-5-13(12)17-14-10-21-11-15(14)18-16/h2-5,10-11,17H,6-9H2,1H3. The van der Waals surface area contributed by atoms with E-state index >= 15 is 0 Å². The van der Waals surface area contributed by atoms with Crippen molar-refractivity contribution in [3.05, 3.63) is 40.6 Å². The number of hydrogen-bond donors (Lipinski definition) is 1. The predicted molar refractivity (Wildman–Crippen MR) is 89.3 cm³/mol. The quantitative estimate of drug-likeness (QED) is 0.810. The van der Waals surface area contributed by atoms with Crippen LogP contribution in [0, 0.1) is 0 Å². The Morgan fingerprint density at radius 1 is 1.05 bits per heavy atom. The van der Waals surface area contributed by atoms with E-state index in [9.17, 15) is 0 Å². The highest BCUT2D eigenvalue weighted by molar-refractivity contribution is 7.08. The molecule has 1 saturated heterocycles. The SMILES string of the molecule is CN1CCN(C2=Nc3cscc3Nc3ccccc32)CC1. The van der Waals surface area contributed by atoms with Gasteiger partial charge in [0.05, 0.1) is 11.4 Å². The van der Waals surface area contributed by atoms with Crippen molar-refractivity contribution < 1.29 is 0 Å². The van der Waals surface area contributed by atoms with E-state index in [4.69, 9.17) is 4.99 Å². The molecule has 0 spiro atoms. The Bertz CT molecular complexity index is 683. The van der Waals surface area contributed by atoms with Crippen LogP contribution in [0.2, 0.25) is 0 Å². The second kappa shape index (κ2) is 5.16. The van der Waals surface area contributed by atoms with Gasteiger partial charge in [-0.3, -0.25) is 0 Å². The summed E-state index contributed by atoms with van der Waals surface area (Å²) in [5.74, 6) is 1.10. The third-order valence-corrected chi connectivity index (χ3v) is 4.84. The summed E-state index contributed by atoms with van der Waals surface area (Å²) < 4.78 is 0. The molecule has 2 aromatic rings. The highest BCUT2D eigenvalue weighted by Gasteiger charge is 2.23. The van der Waals surface area contributed by atoms with Gasteiger partial charge >= 0.3 is 0 Å². The van der Waals surface area contributed by atoms with Crippen LogP contribution in [0.5, 0.6) is 0 Å². The van der Waals surface area contributed by atoms with E-state index in [1.807, 2.05) is 0 Å². The average Bonchev–Trinajstić information content (AvgIpc) is 2.88.